The van der Waals surface area contributed by atoms with Crippen molar-refractivity contribution in [3.8, 4) is 0 Å². The zero-order valence-corrected chi connectivity index (χ0v) is 13.3. The minimum atomic E-state index is -4.74. The summed E-state index contributed by atoms with van der Waals surface area (Å²) in [5.74, 6) is -3.07. The summed E-state index contributed by atoms with van der Waals surface area (Å²) >= 11 is 0. The maximum absolute atomic E-state index is 12.5. The lowest BCUT2D eigenvalue weighted by Gasteiger charge is -2.22. The number of carboxylic acid groups (broad SMARTS) is 1. The van der Waals surface area contributed by atoms with E-state index in [0.29, 0.717) is 0 Å². The van der Waals surface area contributed by atoms with Crippen LogP contribution in [0.4, 0.5) is 18.9 Å². The first kappa shape index (κ1) is 18.8. The van der Waals surface area contributed by atoms with Crippen LogP contribution in [-0.4, -0.2) is 42.2 Å². The van der Waals surface area contributed by atoms with Crippen molar-refractivity contribution in [3.63, 3.8) is 0 Å². The average Bonchev–Trinajstić information content (AvgIpc) is 3.36. The molecule has 9 heteroatoms. The Labute approximate surface area is 141 Å². The molecule has 0 aliphatic heterocycles. The molecule has 1 aromatic rings. The van der Waals surface area contributed by atoms with Crippen LogP contribution in [0.25, 0.3) is 0 Å². The smallest absolute Gasteiger partial charge is 0.391 e. The first-order valence-electron chi connectivity index (χ1n) is 7.57. The standard InChI is InChI=1S/C16H17F3N2O4/c1-21(14(23)9-6-7-9)12-5-3-2-4-10(12)13(22)20-11(15(24)25)8-16(17,18)19/h2-5,9,11H,6-8H2,1H3,(H,20,22)(H,24,25). The van der Waals surface area contributed by atoms with Crippen LogP contribution in [0.15, 0.2) is 24.3 Å². The molecule has 2 amide bonds. The van der Waals surface area contributed by atoms with Gasteiger partial charge in [0.2, 0.25) is 5.91 Å². The number of carbonyl (C=O) groups excluding carboxylic acids is 2. The van der Waals surface area contributed by atoms with Crippen molar-refractivity contribution in [2.75, 3.05) is 11.9 Å². The van der Waals surface area contributed by atoms with Crippen molar-refractivity contribution in [3.05, 3.63) is 29.8 Å². The minimum absolute atomic E-state index is 0.0626. The Kier molecular flexibility index (Phi) is 5.34. The second-order valence-electron chi connectivity index (χ2n) is 5.87. The highest BCUT2D eigenvalue weighted by Gasteiger charge is 2.37. The van der Waals surface area contributed by atoms with Crippen molar-refractivity contribution in [1.82, 2.24) is 5.32 Å². The van der Waals surface area contributed by atoms with Crippen molar-refractivity contribution in [1.29, 1.82) is 0 Å². The Morgan fingerprint density at radius 2 is 1.88 bits per heavy atom. The van der Waals surface area contributed by atoms with Crippen molar-refractivity contribution < 1.29 is 32.7 Å². The van der Waals surface area contributed by atoms with Crippen LogP contribution in [0.2, 0.25) is 0 Å². The van der Waals surface area contributed by atoms with E-state index in [1.54, 1.807) is 6.07 Å². The zero-order chi connectivity index (χ0) is 18.8. The highest BCUT2D eigenvalue weighted by molar-refractivity contribution is 6.06. The number of aliphatic carboxylic acids is 1. The Morgan fingerprint density at radius 1 is 1.28 bits per heavy atom. The van der Waals surface area contributed by atoms with Gasteiger partial charge >= 0.3 is 12.1 Å². The fraction of sp³-hybridized carbons (Fsp3) is 0.438. The van der Waals surface area contributed by atoms with E-state index in [-0.39, 0.29) is 23.1 Å². The SMILES string of the molecule is CN(C(=O)C1CC1)c1ccccc1C(=O)NC(CC(F)(F)F)C(=O)O. The van der Waals surface area contributed by atoms with Gasteiger partial charge in [0.25, 0.3) is 5.91 Å². The number of alkyl halides is 3. The van der Waals surface area contributed by atoms with Gasteiger partial charge < -0.3 is 15.3 Å². The molecule has 0 aromatic heterocycles. The number of halogens is 3. The van der Waals surface area contributed by atoms with E-state index in [4.69, 9.17) is 5.11 Å². The van der Waals surface area contributed by atoms with E-state index in [9.17, 15) is 27.6 Å². The number of amides is 2. The second kappa shape index (κ2) is 7.12. The molecule has 0 spiro atoms. The fourth-order valence-corrected chi connectivity index (χ4v) is 2.35. The molecule has 1 aliphatic carbocycles. The van der Waals surface area contributed by atoms with E-state index in [0.717, 1.165) is 12.8 Å². The van der Waals surface area contributed by atoms with Gasteiger partial charge in [-0.25, -0.2) is 4.79 Å². The zero-order valence-electron chi connectivity index (χ0n) is 13.3. The summed E-state index contributed by atoms with van der Waals surface area (Å²) < 4.78 is 37.4. The molecule has 1 fully saturated rings. The van der Waals surface area contributed by atoms with E-state index >= 15 is 0 Å². The normalized spacial score (nSPS) is 15.4. The third-order valence-corrected chi connectivity index (χ3v) is 3.81. The van der Waals surface area contributed by atoms with E-state index < -0.39 is 30.5 Å². The maximum Gasteiger partial charge on any atom is 0.391 e. The van der Waals surface area contributed by atoms with Gasteiger partial charge in [0.15, 0.2) is 0 Å². The van der Waals surface area contributed by atoms with Crippen LogP contribution < -0.4 is 10.2 Å². The molecule has 1 saturated carbocycles. The molecular formula is C16H17F3N2O4. The monoisotopic (exact) mass is 358 g/mol. The molecule has 1 aromatic carbocycles. The Bertz CT molecular complexity index is 686. The molecule has 1 unspecified atom stereocenters. The number of benzene rings is 1. The van der Waals surface area contributed by atoms with Gasteiger partial charge in [-0.2, -0.15) is 13.2 Å². The van der Waals surface area contributed by atoms with Gasteiger partial charge in [-0.15, -0.1) is 0 Å². The fourth-order valence-electron chi connectivity index (χ4n) is 2.35. The van der Waals surface area contributed by atoms with Crippen molar-refractivity contribution >= 4 is 23.5 Å². The number of nitrogens with one attached hydrogen (secondary N) is 1. The average molecular weight is 358 g/mol. The van der Waals surface area contributed by atoms with E-state index in [2.05, 4.69) is 0 Å². The number of hydrogen-bond acceptors (Lipinski definition) is 3. The predicted molar refractivity (Wildman–Crippen MR) is 82.1 cm³/mol. The number of nitrogens with zero attached hydrogens (tertiary/aromatic N) is 1. The molecule has 2 N–H and O–H groups in total. The van der Waals surface area contributed by atoms with Gasteiger partial charge in [-0.3, -0.25) is 9.59 Å². The number of para-hydroxylation sites is 1. The van der Waals surface area contributed by atoms with Gasteiger partial charge in [0.1, 0.15) is 6.04 Å². The van der Waals surface area contributed by atoms with Gasteiger partial charge in [0, 0.05) is 13.0 Å². The van der Waals surface area contributed by atoms with Crippen molar-refractivity contribution in [2.24, 2.45) is 5.92 Å². The Hall–Kier alpha value is -2.58. The molecule has 136 valence electrons. The second-order valence-corrected chi connectivity index (χ2v) is 5.87. The lowest BCUT2D eigenvalue weighted by molar-refractivity contribution is -0.157. The molecule has 0 radical (unpaired) electrons. The lowest BCUT2D eigenvalue weighted by Crippen LogP contribution is -2.44. The van der Waals surface area contributed by atoms with Gasteiger partial charge in [-0.05, 0) is 25.0 Å². The summed E-state index contributed by atoms with van der Waals surface area (Å²) in [6.07, 6.45) is -4.92. The topological polar surface area (TPSA) is 86.7 Å². The largest absolute Gasteiger partial charge is 0.480 e. The maximum atomic E-state index is 12.5. The predicted octanol–water partition coefficient (Wildman–Crippen LogP) is 2.19. The Balaban J connectivity index is 2.21. The number of rotatable bonds is 6. The molecule has 0 bridgehead atoms. The highest BCUT2D eigenvalue weighted by atomic mass is 19.4. The first-order chi connectivity index (χ1) is 11.6. The third kappa shape index (κ3) is 4.94. The molecule has 2 rings (SSSR count). The van der Waals surface area contributed by atoms with E-state index in [1.807, 2.05) is 5.32 Å². The van der Waals surface area contributed by atoms with Crippen LogP contribution in [0, 0.1) is 5.92 Å². The summed E-state index contributed by atoms with van der Waals surface area (Å²) in [4.78, 5) is 36.7. The summed E-state index contributed by atoms with van der Waals surface area (Å²) in [5, 5.41) is 10.8. The number of anilines is 1. The van der Waals surface area contributed by atoms with Crippen LogP contribution in [-0.2, 0) is 9.59 Å². The molecule has 6 nitrogen and oxygen atoms in total. The van der Waals surface area contributed by atoms with Crippen LogP contribution in [0.5, 0.6) is 0 Å². The van der Waals surface area contributed by atoms with Crippen LogP contribution >= 0.6 is 0 Å². The molecule has 0 saturated heterocycles. The highest BCUT2D eigenvalue weighted by Crippen LogP contribution is 2.33. The molecule has 0 heterocycles. The van der Waals surface area contributed by atoms with Crippen LogP contribution in [0.3, 0.4) is 0 Å². The summed E-state index contributed by atoms with van der Waals surface area (Å²) in [5.41, 5.74) is 0.153. The number of carbonyl (C=O) groups is 3. The molecular weight excluding hydrogens is 341 g/mol. The first-order valence-corrected chi connectivity index (χ1v) is 7.57. The van der Waals surface area contributed by atoms with Crippen LogP contribution in [0.1, 0.15) is 29.6 Å². The number of hydrogen-bond donors (Lipinski definition) is 2. The van der Waals surface area contributed by atoms with Crippen molar-refractivity contribution in [2.45, 2.75) is 31.5 Å². The van der Waals surface area contributed by atoms with Gasteiger partial charge in [0.05, 0.1) is 17.7 Å². The minimum Gasteiger partial charge on any atom is -0.480 e. The van der Waals surface area contributed by atoms with Gasteiger partial charge in [-0.1, -0.05) is 12.1 Å². The number of carboxylic acids is 1. The molecule has 25 heavy (non-hydrogen) atoms. The molecule has 1 atom stereocenters. The van der Waals surface area contributed by atoms with E-state index in [1.165, 1.54) is 30.1 Å². The summed E-state index contributed by atoms with van der Waals surface area (Å²) in [6.45, 7) is 0. The third-order valence-electron chi connectivity index (χ3n) is 3.81. The summed E-state index contributed by atoms with van der Waals surface area (Å²) in [6, 6.07) is 3.76. The molecule has 1 aliphatic rings. The quantitative estimate of drug-likeness (QED) is 0.816. The summed E-state index contributed by atoms with van der Waals surface area (Å²) in [7, 11) is 1.47. The Morgan fingerprint density at radius 3 is 2.40 bits per heavy atom. The lowest BCUT2D eigenvalue weighted by atomic mass is 10.1.